The van der Waals surface area contributed by atoms with Crippen molar-refractivity contribution in [3.8, 4) is 11.5 Å². The number of methoxy groups -OCH3 is 2. The molecule has 0 bridgehead atoms. The van der Waals surface area contributed by atoms with E-state index in [1.807, 2.05) is 54.7 Å². The molecular formula is C23H23N3O2. The van der Waals surface area contributed by atoms with Gasteiger partial charge in [0.2, 0.25) is 5.95 Å². The van der Waals surface area contributed by atoms with Gasteiger partial charge in [0.25, 0.3) is 0 Å². The van der Waals surface area contributed by atoms with E-state index in [4.69, 9.17) is 19.5 Å². The highest BCUT2D eigenvalue weighted by atomic mass is 16.5. The fourth-order valence-electron chi connectivity index (χ4n) is 3.56. The molecule has 0 amide bonds. The molecule has 0 unspecified atom stereocenters. The Hall–Kier alpha value is -3.34. The molecule has 0 radical (unpaired) electrons. The van der Waals surface area contributed by atoms with E-state index in [2.05, 4.69) is 17.6 Å². The van der Waals surface area contributed by atoms with Gasteiger partial charge in [0, 0.05) is 29.1 Å². The van der Waals surface area contributed by atoms with Gasteiger partial charge in [-0.05, 0) is 36.8 Å². The normalized spacial score (nSPS) is 11.5. The standard InChI is InChI=1S/C23H23N3O2/c1-4-14-26-19-10-6-5-9-18(19)25-23(26)24-15-16-12-13-20(27-2)17-8-7-11-21(28-3)22(16)17/h5-13,15H,4,14H2,1-3H3. The van der Waals surface area contributed by atoms with Crippen LogP contribution in [0.25, 0.3) is 21.8 Å². The van der Waals surface area contributed by atoms with Crippen molar-refractivity contribution in [1.29, 1.82) is 0 Å². The average molecular weight is 373 g/mol. The monoisotopic (exact) mass is 373 g/mol. The number of ether oxygens (including phenoxy) is 2. The minimum atomic E-state index is 0.710. The van der Waals surface area contributed by atoms with Gasteiger partial charge in [0.1, 0.15) is 11.5 Å². The van der Waals surface area contributed by atoms with E-state index in [1.165, 1.54) is 0 Å². The molecule has 0 aliphatic carbocycles. The molecule has 5 heteroatoms. The van der Waals surface area contributed by atoms with Gasteiger partial charge in [-0.2, -0.15) is 0 Å². The summed E-state index contributed by atoms with van der Waals surface area (Å²) < 4.78 is 13.3. The molecule has 0 atom stereocenters. The molecule has 0 aliphatic heterocycles. The van der Waals surface area contributed by atoms with Gasteiger partial charge in [0.05, 0.1) is 25.3 Å². The molecule has 0 saturated carbocycles. The van der Waals surface area contributed by atoms with Gasteiger partial charge >= 0.3 is 0 Å². The number of para-hydroxylation sites is 2. The Labute approximate surface area is 164 Å². The lowest BCUT2D eigenvalue weighted by Crippen LogP contribution is -1.97. The fraction of sp³-hybridized carbons (Fsp3) is 0.217. The number of aromatic nitrogens is 2. The third-order valence-electron chi connectivity index (χ3n) is 4.84. The highest BCUT2D eigenvalue weighted by molar-refractivity contribution is 6.06. The van der Waals surface area contributed by atoms with Crippen molar-refractivity contribution in [2.75, 3.05) is 14.2 Å². The maximum atomic E-state index is 5.59. The molecule has 0 N–H and O–H groups in total. The zero-order valence-electron chi connectivity index (χ0n) is 16.3. The zero-order chi connectivity index (χ0) is 19.5. The molecule has 4 rings (SSSR count). The van der Waals surface area contributed by atoms with Crippen molar-refractivity contribution < 1.29 is 9.47 Å². The second-order valence-corrected chi connectivity index (χ2v) is 6.55. The molecule has 0 fully saturated rings. The minimum Gasteiger partial charge on any atom is -0.496 e. The number of benzene rings is 3. The summed E-state index contributed by atoms with van der Waals surface area (Å²) in [6.07, 6.45) is 2.87. The number of aliphatic imine (C=N–C) groups is 1. The van der Waals surface area contributed by atoms with Crippen LogP contribution in [0.3, 0.4) is 0 Å². The minimum absolute atomic E-state index is 0.710. The summed E-state index contributed by atoms with van der Waals surface area (Å²) in [6, 6.07) is 18.0. The van der Waals surface area contributed by atoms with Gasteiger partial charge in [-0.25, -0.2) is 9.98 Å². The van der Waals surface area contributed by atoms with Crippen LogP contribution in [0.2, 0.25) is 0 Å². The maximum absolute atomic E-state index is 5.59. The zero-order valence-corrected chi connectivity index (χ0v) is 16.3. The van der Waals surface area contributed by atoms with Crippen molar-refractivity contribution >= 4 is 34.0 Å². The first kappa shape index (κ1) is 18.0. The van der Waals surface area contributed by atoms with Crippen LogP contribution >= 0.6 is 0 Å². The summed E-state index contributed by atoms with van der Waals surface area (Å²) in [5.41, 5.74) is 3.03. The summed E-state index contributed by atoms with van der Waals surface area (Å²) in [5, 5.41) is 1.97. The third-order valence-corrected chi connectivity index (χ3v) is 4.84. The van der Waals surface area contributed by atoms with Gasteiger partial charge in [-0.1, -0.05) is 31.2 Å². The lowest BCUT2D eigenvalue weighted by molar-refractivity contribution is 0.415. The average Bonchev–Trinajstić information content (AvgIpc) is 3.09. The first-order chi connectivity index (χ1) is 13.8. The molecule has 1 heterocycles. The van der Waals surface area contributed by atoms with E-state index in [9.17, 15) is 0 Å². The highest BCUT2D eigenvalue weighted by Crippen LogP contribution is 2.34. The number of aryl methyl sites for hydroxylation is 1. The Bertz CT molecular complexity index is 1160. The van der Waals surface area contributed by atoms with Crippen LogP contribution in [0.15, 0.2) is 59.6 Å². The Morgan fingerprint density at radius 1 is 0.964 bits per heavy atom. The first-order valence-electron chi connectivity index (χ1n) is 9.40. The van der Waals surface area contributed by atoms with E-state index in [0.717, 1.165) is 51.8 Å². The molecule has 142 valence electrons. The van der Waals surface area contributed by atoms with Gasteiger partial charge in [-0.3, -0.25) is 0 Å². The second kappa shape index (κ2) is 7.72. The largest absolute Gasteiger partial charge is 0.496 e. The number of hydrogen-bond acceptors (Lipinski definition) is 4. The lowest BCUT2D eigenvalue weighted by atomic mass is 10.0. The second-order valence-electron chi connectivity index (χ2n) is 6.55. The number of imidazole rings is 1. The van der Waals surface area contributed by atoms with E-state index in [0.29, 0.717) is 5.95 Å². The molecule has 0 spiro atoms. The van der Waals surface area contributed by atoms with E-state index in [-0.39, 0.29) is 0 Å². The number of hydrogen-bond donors (Lipinski definition) is 0. The van der Waals surface area contributed by atoms with Crippen LogP contribution in [0.4, 0.5) is 5.95 Å². The summed E-state index contributed by atoms with van der Waals surface area (Å²) in [7, 11) is 3.35. The van der Waals surface area contributed by atoms with Crippen molar-refractivity contribution in [1.82, 2.24) is 9.55 Å². The van der Waals surface area contributed by atoms with Crippen LogP contribution in [-0.2, 0) is 6.54 Å². The van der Waals surface area contributed by atoms with E-state index < -0.39 is 0 Å². The number of nitrogens with zero attached hydrogens (tertiary/aromatic N) is 3. The Balaban J connectivity index is 1.86. The van der Waals surface area contributed by atoms with Gasteiger partial charge < -0.3 is 14.0 Å². The predicted molar refractivity (Wildman–Crippen MR) is 114 cm³/mol. The summed E-state index contributed by atoms with van der Waals surface area (Å²) in [5.74, 6) is 2.31. The van der Waals surface area contributed by atoms with Gasteiger partial charge in [-0.15, -0.1) is 0 Å². The molecular weight excluding hydrogens is 350 g/mol. The molecule has 3 aromatic carbocycles. The van der Waals surface area contributed by atoms with Crippen LogP contribution < -0.4 is 9.47 Å². The first-order valence-corrected chi connectivity index (χ1v) is 9.40. The Morgan fingerprint density at radius 2 is 1.79 bits per heavy atom. The van der Waals surface area contributed by atoms with Crippen LogP contribution in [0, 0.1) is 0 Å². The molecule has 28 heavy (non-hydrogen) atoms. The van der Waals surface area contributed by atoms with Gasteiger partial charge in [0.15, 0.2) is 0 Å². The number of rotatable bonds is 6. The van der Waals surface area contributed by atoms with Crippen LogP contribution in [0.5, 0.6) is 11.5 Å². The van der Waals surface area contributed by atoms with E-state index >= 15 is 0 Å². The van der Waals surface area contributed by atoms with Crippen molar-refractivity contribution in [3.05, 3.63) is 60.2 Å². The molecule has 0 saturated heterocycles. The summed E-state index contributed by atoms with van der Waals surface area (Å²) in [4.78, 5) is 9.46. The predicted octanol–water partition coefficient (Wildman–Crippen LogP) is 5.37. The fourth-order valence-corrected chi connectivity index (χ4v) is 3.56. The molecule has 1 aromatic heterocycles. The molecule has 5 nitrogen and oxygen atoms in total. The molecule has 0 aliphatic rings. The Kier molecular flexibility index (Phi) is 4.98. The van der Waals surface area contributed by atoms with Crippen LogP contribution in [0.1, 0.15) is 18.9 Å². The van der Waals surface area contributed by atoms with E-state index in [1.54, 1.807) is 14.2 Å². The highest BCUT2D eigenvalue weighted by Gasteiger charge is 2.12. The van der Waals surface area contributed by atoms with Crippen molar-refractivity contribution in [3.63, 3.8) is 0 Å². The van der Waals surface area contributed by atoms with Crippen molar-refractivity contribution in [2.45, 2.75) is 19.9 Å². The SMILES string of the molecule is CCCn1c(N=Cc2ccc(OC)c3cccc(OC)c23)nc2ccccc21. The topological polar surface area (TPSA) is 48.6 Å². The summed E-state index contributed by atoms with van der Waals surface area (Å²) >= 11 is 0. The third kappa shape index (κ3) is 3.09. The van der Waals surface area contributed by atoms with Crippen molar-refractivity contribution in [2.24, 2.45) is 4.99 Å². The Morgan fingerprint density at radius 3 is 2.57 bits per heavy atom. The quantitative estimate of drug-likeness (QED) is 0.427. The van der Waals surface area contributed by atoms with Crippen LogP contribution in [-0.4, -0.2) is 30.0 Å². The smallest absolute Gasteiger partial charge is 0.230 e. The molecule has 4 aromatic rings. The maximum Gasteiger partial charge on any atom is 0.230 e. The summed E-state index contributed by atoms with van der Waals surface area (Å²) in [6.45, 7) is 3.03. The number of fused-ring (bicyclic) bond motifs is 2. The lowest BCUT2D eigenvalue weighted by Gasteiger charge is -2.11.